The van der Waals surface area contributed by atoms with Crippen LogP contribution in [0.15, 0.2) is 41.8 Å². The van der Waals surface area contributed by atoms with Crippen LogP contribution in [0.3, 0.4) is 0 Å². The fourth-order valence-corrected chi connectivity index (χ4v) is 6.74. The van der Waals surface area contributed by atoms with Crippen molar-refractivity contribution < 1.29 is 49.9 Å². The summed E-state index contributed by atoms with van der Waals surface area (Å²) in [5, 5.41) is 20.3. The topological polar surface area (TPSA) is 283 Å². The van der Waals surface area contributed by atoms with Crippen LogP contribution in [0.5, 0.6) is 0 Å². The Morgan fingerprint density at radius 3 is 2.43 bits per heavy atom. The molecule has 2 aromatic heterocycles. The Balaban J connectivity index is 0.000000892. The lowest BCUT2D eigenvalue weighted by Gasteiger charge is -2.20. The number of fused-ring (bicyclic) bond motifs is 1. The third-order valence-electron chi connectivity index (χ3n) is 6.06. The van der Waals surface area contributed by atoms with Gasteiger partial charge in [0.1, 0.15) is 47.7 Å². The van der Waals surface area contributed by atoms with E-state index in [2.05, 4.69) is 15.0 Å². The zero-order valence-corrected chi connectivity index (χ0v) is 24.7. The number of hydrogen-bond acceptors (Lipinski definition) is 14. The van der Waals surface area contributed by atoms with Crippen molar-refractivity contribution in [2.75, 3.05) is 23.5 Å². The first-order valence-electron chi connectivity index (χ1n) is 12.0. The number of imidazole rings is 1. The minimum Gasteiger partial charge on any atom is -0.726 e. The van der Waals surface area contributed by atoms with Crippen molar-refractivity contribution in [1.82, 2.24) is 19.5 Å². The molecule has 1 aromatic carbocycles. The van der Waals surface area contributed by atoms with Crippen molar-refractivity contribution in [2.24, 2.45) is 5.73 Å². The number of aliphatic carboxylic acids is 1. The first kappa shape index (κ1) is 33.6. The second-order valence-electron chi connectivity index (χ2n) is 9.28. The molecule has 1 unspecified atom stereocenters. The van der Waals surface area contributed by atoms with Gasteiger partial charge in [-0.2, -0.15) is 8.42 Å². The van der Waals surface area contributed by atoms with Crippen LogP contribution < -0.4 is 11.5 Å². The van der Waals surface area contributed by atoms with E-state index in [4.69, 9.17) is 43.0 Å². The summed E-state index contributed by atoms with van der Waals surface area (Å²) in [6, 6.07) is 5.15. The predicted molar refractivity (Wildman–Crippen MR) is 148 cm³/mol. The highest BCUT2D eigenvalue weighted by Crippen LogP contribution is 2.36. The molecule has 20 heteroatoms. The molecule has 0 spiro atoms. The number of nitrogens with two attached hydrogens (primary N) is 2. The van der Waals surface area contributed by atoms with E-state index in [0.29, 0.717) is 22.7 Å². The minimum atomic E-state index is -4.92. The van der Waals surface area contributed by atoms with Gasteiger partial charge in [0.25, 0.3) is 10.1 Å². The van der Waals surface area contributed by atoms with Crippen LogP contribution in [0.4, 0.5) is 5.82 Å². The van der Waals surface area contributed by atoms with E-state index in [1.807, 2.05) is 13.2 Å². The Bertz CT molecular complexity index is 1590. The summed E-state index contributed by atoms with van der Waals surface area (Å²) in [7, 11) is -9.59. The van der Waals surface area contributed by atoms with Gasteiger partial charge in [-0.3, -0.25) is 18.1 Å². The zero-order valence-electron chi connectivity index (χ0n) is 22.2. The van der Waals surface area contributed by atoms with Crippen LogP contribution in [-0.4, -0.2) is 104 Å². The van der Waals surface area contributed by atoms with E-state index in [1.54, 1.807) is 12.1 Å². The summed E-state index contributed by atoms with van der Waals surface area (Å²) < 4.78 is 72.2. The largest absolute Gasteiger partial charge is 0.726 e. The Morgan fingerprint density at radius 1 is 1.21 bits per heavy atom. The summed E-state index contributed by atoms with van der Waals surface area (Å²) in [5.41, 5.74) is 13.0. The van der Waals surface area contributed by atoms with Gasteiger partial charge < -0.3 is 31.0 Å². The molecule has 0 amide bonds. The average Bonchev–Trinajstić information content (AvgIpc) is 3.44. The van der Waals surface area contributed by atoms with Crippen LogP contribution in [0.25, 0.3) is 11.2 Å². The first-order chi connectivity index (χ1) is 19.5. The summed E-state index contributed by atoms with van der Waals surface area (Å²) >= 11 is 0. The second-order valence-corrected chi connectivity index (χ2v) is 14.0. The molecule has 1 aliphatic rings. The van der Waals surface area contributed by atoms with Gasteiger partial charge in [0.05, 0.1) is 17.5 Å². The molecule has 3 heterocycles. The number of benzene rings is 1. The highest BCUT2D eigenvalue weighted by atomic mass is 32.3. The number of aliphatic hydroxyl groups excluding tert-OH is 1. The van der Waals surface area contributed by atoms with Gasteiger partial charge in [-0.25, -0.2) is 23.4 Å². The van der Waals surface area contributed by atoms with Gasteiger partial charge in [0, 0.05) is 6.42 Å². The molecule has 0 saturated carbocycles. The maximum atomic E-state index is 13.1. The summed E-state index contributed by atoms with van der Waals surface area (Å²) in [4.78, 5) is 23.3. The van der Waals surface area contributed by atoms with Crippen LogP contribution in [0, 0.1) is 6.92 Å². The lowest BCUT2D eigenvalue weighted by molar-refractivity contribution is -0.138. The van der Waals surface area contributed by atoms with Crippen molar-refractivity contribution >= 4 is 54.4 Å². The fraction of sp³-hybridized carbons (Fsp3) is 0.455. The molecule has 6 atom stereocenters. The monoisotopic (exact) mass is 650 g/mol. The highest BCUT2D eigenvalue weighted by Gasteiger charge is 2.50. The predicted octanol–water partition coefficient (Wildman–Crippen LogP) is -1.20. The Hall–Kier alpha value is -2.95. The van der Waals surface area contributed by atoms with E-state index < -0.39 is 68.0 Å². The van der Waals surface area contributed by atoms with Crippen LogP contribution >= 0.6 is 0 Å². The van der Waals surface area contributed by atoms with Crippen LogP contribution in [0.2, 0.25) is 0 Å². The second kappa shape index (κ2) is 13.6. The van der Waals surface area contributed by atoms with Crippen molar-refractivity contribution in [3.8, 4) is 0 Å². The number of carboxylic acids is 1. The molecule has 1 fully saturated rings. The number of aryl methyl sites for hydroxylation is 1. The molecule has 0 radical (unpaired) electrons. The molecule has 42 heavy (non-hydrogen) atoms. The number of nitrogen functional groups attached to an aromatic ring is 1. The number of ether oxygens (including phenoxy) is 1. The molecule has 17 nitrogen and oxygen atoms in total. The molecule has 0 bridgehead atoms. The molecular formula is C22H30N6O11S3. The van der Waals surface area contributed by atoms with Crippen LogP contribution in [-0.2, 0) is 45.1 Å². The minimum absolute atomic E-state index is 0.0518. The third kappa shape index (κ3) is 8.78. The number of anilines is 1. The maximum Gasteiger partial charge on any atom is 0.320 e. The quantitative estimate of drug-likeness (QED) is 0.0745. The summed E-state index contributed by atoms with van der Waals surface area (Å²) in [6.07, 6.45) is 0.196. The number of rotatable bonds is 10. The third-order valence-corrected chi connectivity index (χ3v) is 9.22. The Morgan fingerprint density at radius 2 is 1.83 bits per heavy atom. The Kier molecular flexibility index (Phi) is 10.8. The van der Waals surface area contributed by atoms with Gasteiger partial charge in [-0.05, 0) is 30.0 Å². The Labute approximate surface area is 243 Å². The molecule has 4 rings (SSSR count). The summed E-state index contributed by atoms with van der Waals surface area (Å²) in [5.74, 6) is -0.170. The molecule has 1 saturated heterocycles. The van der Waals surface area contributed by atoms with Gasteiger partial charge in [-0.1, -0.05) is 17.7 Å². The molecular weight excluding hydrogens is 620 g/mol. The first-order valence-corrected chi connectivity index (χ1v) is 16.7. The number of carbonyl (C=O) groups is 1. The van der Waals surface area contributed by atoms with E-state index in [9.17, 15) is 18.3 Å². The van der Waals surface area contributed by atoms with E-state index in [-0.39, 0.29) is 17.1 Å². The van der Waals surface area contributed by atoms with E-state index in [1.165, 1.54) is 29.4 Å². The lowest BCUT2D eigenvalue weighted by Crippen LogP contribution is -2.40. The highest BCUT2D eigenvalue weighted by molar-refractivity contribution is 7.96. The number of aromatic nitrogens is 4. The number of nitrogens with zero attached hydrogens (tertiary/aromatic N) is 4. The number of carboxylic acid groups (broad SMARTS) is 1. The smallest absolute Gasteiger partial charge is 0.320 e. The SMILES string of the molecule is Cc1ccc(S(=O)(=O)O[C@H]2[C@@H](O)[C@H](n3cnc4c(N)ncnc43)O[C@@H]2C[S+](C)CC[C@H](N)C(=O)O)cc1.O=S(=O)([O-])O. The zero-order chi connectivity index (χ0) is 31.4. The van der Waals surface area contributed by atoms with Gasteiger partial charge in [0.2, 0.25) is 10.4 Å². The number of hydrogen-bond donors (Lipinski definition) is 5. The number of aliphatic hydroxyl groups is 1. The average molecular weight is 651 g/mol. The molecule has 232 valence electrons. The fourth-order valence-electron chi connectivity index (χ4n) is 3.98. The maximum absolute atomic E-state index is 13.1. The van der Waals surface area contributed by atoms with Gasteiger partial charge in [0.15, 0.2) is 17.7 Å². The standard InChI is InChI=1S/C22H28N6O7S2.H2O4S/c1-12-3-5-13(6-4-12)37(32,33)35-18-15(9-36(2)8-7-14(23)22(30)31)34-21(17(18)29)28-11-27-16-19(24)25-10-26-20(16)28;1-5(2,3)4/h3-6,10-11,14-15,17-18,21,29H,7-9,23H2,1-2H3,(H2-,24,25,26,30,31);(H2,1,2,3,4)/t14-,15+,17+,18+,21+,36?;/m0./s1. The normalized spacial score (nSPS) is 22.3. The van der Waals surface area contributed by atoms with Gasteiger partial charge >= 0.3 is 5.97 Å². The molecule has 3 aromatic rings. The van der Waals surface area contributed by atoms with Crippen molar-refractivity contribution in [3.63, 3.8) is 0 Å². The van der Waals surface area contributed by atoms with Crippen molar-refractivity contribution in [3.05, 3.63) is 42.5 Å². The van der Waals surface area contributed by atoms with Gasteiger partial charge in [-0.15, -0.1) is 0 Å². The van der Waals surface area contributed by atoms with Crippen LogP contribution in [0.1, 0.15) is 18.2 Å². The van der Waals surface area contributed by atoms with Crippen molar-refractivity contribution in [1.29, 1.82) is 0 Å². The van der Waals surface area contributed by atoms with E-state index in [0.717, 1.165) is 5.56 Å². The summed E-state index contributed by atoms with van der Waals surface area (Å²) in [6.45, 7) is 1.83. The van der Waals surface area contributed by atoms with Crippen molar-refractivity contribution in [2.45, 2.75) is 48.8 Å². The molecule has 1 aliphatic heterocycles. The lowest BCUT2D eigenvalue weighted by atomic mass is 10.1. The molecule has 7 N–H and O–H groups in total. The van der Waals surface area contributed by atoms with E-state index >= 15 is 0 Å². The molecule has 0 aliphatic carbocycles.